The van der Waals surface area contributed by atoms with Gasteiger partial charge in [-0.05, 0) is 54.2 Å². The minimum Gasteiger partial charge on any atom is -0.493 e. The monoisotopic (exact) mass is 336 g/mol. The highest BCUT2D eigenvalue weighted by Gasteiger charge is 2.38. The fraction of sp³-hybridized carbons (Fsp3) is 0.684. The van der Waals surface area contributed by atoms with Crippen LogP contribution in [0.2, 0.25) is 0 Å². The summed E-state index contributed by atoms with van der Waals surface area (Å²) in [5.41, 5.74) is -1.92. The molecule has 1 aromatic carbocycles. The van der Waals surface area contributed by atoms with Gasteiger partial charge in [0.2, 0.25) is 0 Å². The van der Waals surface area contributed by atoms with Gasteiger partial charge in [-0.3, -0.25) is 4.90 Å². The lowest BCUT2D eigenvalue weighted by molar-refractivity contribution is -0.0191. The van der Waals surface area contributed by atoms with Crippen molar-refractivity contribution in [2.75, 3.05) is 27.1 Å². The van der Waals surface area contributed by atoms with E-state index in [0.717, 1.165) is 0 Å². The lowest BCUT2D eigenvalue weighted by Crippen LogP contribution is -2.48. The first kappa shape index (κ1) is 5.63. The SMILES string of the molecule is [2H]C([2H])([2H])Oc1cc2c(cc1OC([2H])([2H])[2H])C1([2H])N(C([2H])([2H])C2([2H])[2H])C([2H])([2H])C([2H])(CC(C)C)C([2H])(O)C1([2H])[2H]. The molecule has 3 unspecified atom stereocenters. The molecule has 1 fully saturated rings. The second-order valence-corrected chi connectivity index (χ2v) is 5.63. The van der Waals surface area contributed by atoms with Crippen LogP contribution in [-0.2, 0) is 6.37 Å². The molecule has 0 saturated carbocycles. The predicted molar refractivity (Wildman–Crippen MR) is 91.1 cm³/mol. The molecular formula is C19H29NO3. The van der Waals surface area contributed by atoms with Crippen molar-refractivity contribution >= 4 is 0 Å². The Balaban J connectivity index is 2.56. The number of fused-ring (bicyclic) bond motifs is 3. The molecule has 0 amide bonds. The number of methoxy groups -OCH3 is 2. The lowest BCUT2D eigenvalue weighted by atomic mass is 9.79. The Hall–Kier alpha value is -1.26. The Labute approximate surface area is 163 Å². The van der Waals surface area contributed by atoms with Crippen molar-refractivity contribution in [2.24, 2.45) is 11.8 Å². The zero-order valence-corrected chi connectivity index (χ0v) is 12.7. The quantitative estimate of drug-likeness (QED) is 0.918. The van der Waals surface area contributed by atoms with Gasteiger partial charge in [-0.25, -0.2) is 0 Å². The normalized spacial score (nSPS) is 57.8. The summed E-state index contributed by atoms with van der Waals surface area (Å²) >= 11 is 0. The fourth-order valence-corrected chi connectivity index (χ4v) is 2.44. The molecule has 0 bridgehead atoms. The first-order valence-electron chi connectivity index (χ1n) is 15.5. The van der Waals surface area contributed by atoms with E-state index in [1.165, 1.54) is 13.8 Å². The van der Waals surface area contributed by atoms with Gasteiger partial charge in [-0.2, -0.15) is 0 Å². The largest absolute Gasteiger partial charge is 0.493 e. The minimum absolute atomic E-state index is 0.183. The number of benzene rings is 1. The molecule has 1 N–H and O–H groups in total. The molecule has 23 heavy (non-hydrogen) atoms. The van der Waals surface area contributed by atoms with Crippen LogP contribution < -0.4 is 9.47 Å². The van der Waals surface area contributed by atoms with Gasteiger partial charge in [0.25, 0.3) is 0 Å². The fourth-order valence-electron chi connectivity index (χ4n) is 2.44. The second kappa shape index (κ2) is 6.70. The predicted octanol–water partition coefficient (Wildman–Crippen LogP) is 3.03. The molecule has 0 aliphatic carbocycles. The number of aryl methyl sites for hydroxylation is 1. The molecular weight excluding hydrogens is 290 g/mol. The summed E-state index contributed by atoms with van der Waals surface area (Å²) in [4.78, 5) is -0.183. The van der Waals surface area contributed by atoms with Crippen LogP contribution in [0.15, 0.2) is 12.1 Å². The topological polar surface area (TPSA) is 41.9 Å². The zero-order chi connectivity index (χ0) is 31.5. The lowest BCUT2D eigenvalue weighted by Gasteiger charge is -2.46. The van der Waals surface area contributed by atoms with E-state index in [4.69, 9.17) is 31.4 Å². The van der Waals surface area contributed by atoms with E-state index in [-0.39, 0.29) is 4.90 Å². The highest BCUT2D eigenvalue weighted by atomic mass is 16.5. The van der Waals surface area contributed by atoms with E-state index in [1.807, 2.05) is 0 Å². The van der Waals surface area contributed by atoms with Gasteiger partial charge in [0.05, 0.1) is 31.1 Å². The van der Waals surface area contributed by atoms with Crippen molar-refractivity contribution in [2.45, 2.75) is 45.1 Å². The first-order valence-corrected chi connectivity index (χ1v) is 7.03. The molecule has 1 saturated heterocycles. The number of hydrogen-bond donors (Lipinski definition) is 1. The van der Waals surface area contributed by atoms with Crippen molar-refractivity contribution < 1.29 is 37.9 Å². The Kier molecular flexibility index (Phi) is 1.64. The van der Waals surface area contributed by atoms with Crippen molar-refractivity contribution in [3.63, 3.8) is 0 Å². The van der Waals surface area contributed by atoms with Crippen LogP contribution in [0.3, 0.4) is 0 Å². The summed E-state index contributed by atoms with van der Waals surface area (Å²) in [6.45, 7) is -4.33. The highest BCUT2D eigenvalue weighted by molar-refractivity contribution is 5.49. The minimum atomic E-state index is -3.78. The van der Waals surface area contributed by atoms with Crippen LogP contribution in [0.1, 0.15) is 67.1 Å². The number of piperidine rings is 1. The van der Waals surface area contributed by atoms with E-state index in [0.29, 0.717) is 12.1 Å². The van der Waals surface area contributed by atoms with Crippen molar-refractivity contribution in [3.05, 3.63) is 23.3 Å². The van der Waals surface area contributed by atoms with Gasteiger partial charge in [0.15, 0.2) is 11.5 Å². The molecule has 0 aromatic heterocycles. The molecule has 2 aliphatic heterocycles. The van der Waals surface area contributed by atoms with Crippen molar-refractivity contribution in [1.29, 1.82) is 0 Å². The van der Waals surface area contributed by atoms with E-state index in [2.05, 4.69) is 0 Å². The molecule has 3 atom stereocenters. The van der Waals surface area contributed by atoms with Gasteiger partial charge in [-0.1, -0.05) is 13.8 Å². The maximum absolute atomic E-state index is 11.3. The Morgan fingerprint density at radius 2 is 2.13 bits per heavy atom. The molecule has 4 nitrogen and oxygen atoms in total. The van der Waals surface area contributed by atoms with Gasteiger partial charge in [-0.15, -0.1) is 0 Å². The van der Waals surface area contributed by atoms with Crippen molar-refractivity contribution in [3.8, 4) is 11.5 Å². The van der Waals surface area contributed by atoms with Crippen molar-refractivity contribution in [1.82, 2.24) is 4.90 Å². The summed E-state index contributed by atoms with van der Waals surface area (Å²) < 4.78 is 150. The van der Waals surface area contributed by atoms with E-state index in [9.17, 15) is 6.48 Å². The number of rotatable bonds is 4. The van der Waals surface area contributed by atoms with E-state index < -0.39 is 92.8 Å². The van der Waals surface area contributed by atoms with Gasteiger partial charge >= 0.3 is 0 Å². The number of aliphatic hydroxyl groups is 1. The molecule has 4 heteroatoms. The summed E-state index contributed by atoms with van der Waals surface area (Å²) in [7, 11) is -6.55. The summed E-state index contributed by atoms with van der Waals surface area (Å²) in [5, 5.41) is 11.3. The summed E-state index contributed by atoms with van der Waals surface area (Å²) in [5.74, 6) is -5.74. The van der Waals surface area contributed by atoms with E-state index >= 15 is 0 Å². The highest BCUT2D eigenvalue weighted by Crippen LogP contribution is 2.43. The Bertz CT molecular complexity index is 1180. The zero-order valence-electron chi connectivity index (χ0n) is 29.7. The molecule has 128 valence electrons. The second-order valence-electron chi connectivity index (χ2n) is 5.63. The van der Waals surface area contributed by atoms with Crippen LogP contribution in [0.4, 0.5) is 0 Å². The van der Waals surface area contributed by atoms with Crippen LogP contribution in [-0.4, -0.2) is 43.2 Å². The summed E-state index contributed by atoms with van der Waals surface area (Å²) in [6.07, 6.45) is -11.7. The van der Waals surface area contributed by atoms with Crippen LogP contribution in [0, 0.1) is 11.8 Å². The summed E-state index contributed by atoms with van der Waals surface area (Å²) in [6, 6.07) is -2.54. The maximum atomic E-state index is 11.3. The third-order valence-corrected chi connectivity index (χ3v) is 3.47. The molecule has 2 heterocycles. The van der Waals surface area contributed by atoms with Crippen LogP contribution in [0.25, 0.3) is 0 Å². The van der Waals surface area contributed by atoms with Crippen LogP contribution in [0.5, 0.6) is 11.5 Å². The van der Waals surface area contributed by atoms with Gasteiger partial charge in [0.1, 0.15) is 0 Å². The van der Waals surface area contributed by atoms with Gasteiger partial charge in [0, 0.05) is 31.3 Å². The standard InChI is InChI=1S/C19H29NO3/c1-12(2)7-14-11-20-6-5-13-8-18(22-3)19(23-4)9-15(13)16(20)10-17(14)21/h8-9,12,14,16-17,21H,5-7,10-11H2,1-4H3/i3D3,4D3,5D2,6D2,10D2,11D2,14D,16D,17D. The molecule has 2 aliphatic rings. The molecule has 0 radical (unpaired) electrons. The smallest absolute Gasteiger partial charge is 0.161 e. The third kappa shape index (κ3) is 3.20. The average molecular weight is 337 g/mol. The average Bonchev–Trinajstić information content (AvgIpc) is 2.69. The van der Waals surface area contributed by atoms with Crippen LogP contribution >= 0.6 is 0 Å². The van der Waals surface area contributed by atoms with E-state index in [1.54, 1.807) is 0 Å². The molecule has 1 aromatic rings. The third-order valence-electron chi connectivity index (χ3n) is 3.47. The first-order chi connectivity index (χ1) is 17.4. The molecule has 3 rings (SSSR count). The number of nitrogens with zero attached hydrogens (tertiary/aromatic N) is 1. The maximum Gasteiger partial charge on any atom is 0.161 e. The number of hydrogen-bond acceptors (Lipinski definition) is 4. The molecule has 0 spiro atoms. The Morgan fingerprint density at radius 1 is 1.39 bits per heavy atom. The number of ether oxygens (including phenoxy) is 2. The van der Waals surface area contributed by atoms with Gasteiger partial charge < -0.3 is 14.6 Å². The Morgan fingerprint density at radius 3 is 2.83 bits per heavy atom.